The van der Waals surface area contributed by atoms with Crippen LogP contribution in [0.25, 0.3) is 0 Å². The highest BCUT2D eigenvalue weighted by Crippen LogP contribution is 2.18. The second kappa shape index (κ2) is 4.60. The molecule has 72 valence electrons. The van der Waals surface area contributed by atoms with E-state index in [0.29, 0.717) is 0 Å². The first kappa shape index (κ1) is 10.5. The van der Waals surface area contributed by atoms with Gasteiger partial charge in [-0.15, -0.1) is 0 Å². The number of hydrogen-bond acceptors (Lipinski definition) is 4. The molecule has 0 saturated carbocycles. The Morgan fingerprint density at radius 2 is 2.07 bits per heavy atom. The number of hydrogen-bond donors (Lipinski definition) is 2. The van der Waals surface area contributed by atoms with Crippen molar-refractivity contribution >= 4 is 13.1 Å². The molecular weight excluding hydrogens is 183 g/mol. The molecule has 0 amide bonds. The Morgan fingerprint density at radius 1 is 1.43 bits per heavy atom. The van der Waals surface area contributed by atoms with E-state index >= 15 is 0 Å². The summed E-state index contributed by atoms with van der Waals surface area (Å²) in [6, 6.07) is 6.25. The zero-order valence-electron chi connectivity index (χ0n) is 7.38. The maximum Gasteiger partial charge on any atom is 0.707 e. The van der Waals surface area contributed by atoms with Gasteiger partial charge in [0.1, 0.15) is 5.75 Å². The molecule has 14 heavy (non-hydrogen) atoms. The van der Waals surface area contributed by atoms with Crippen LogP contribution >= 0.6 is 0 Å². The van der Waals surface area contributed by atoms with Crippen molar-refractivity contribution in [3.8, 4) is 5.75 Å². The zero-order valence-corrected chi connectivity index (χ0v) is 7.38. The molecule has 4 nitrogen and oxygen atoms in total. The Kier molecular flexibility index (Phi) is 3.44. The van der Waals surface area contributed by atoms with Crippen molar-refractivity contribution in [1.29, 1.82) is 0 Å². The van der Waals surface area contributed by atoms with Crippen LogP contribution in [-0.2, 0) is 0 Å². The van der Waals surface area contributed by atoms with Crippen LogP contribution in [0.3, 0.4) is 0 Å². The van der Waals surface area contributed by atoms with E-state index < -0.39 is 7.32 Å². The summed E-state index contributed by atoms with van der Waals surface area (Å²) in [5, 5.41) is 17.2. The maximum atomic E-state index is 11.3. The van der Waals surface area contributed by atoms with Crippen molar-refractivity contribution in [2.45, 2.75) is 0 Å². The van der Waals surface area contributed by atoms with Crippen LogP contribution in [0.4, 0.5) is 0 Å². The molecule has 0 heterocycles. The Bertz CT molecular complexity index is 348. The Morgan fingerprint density at radius 3 is 2.64 bits per heavy atom. The van der Waals surface area contributed by atoms with Crippen LogP contribution in [0.5, 0.6) is 5.75 Å². The normalized spacial score (nSPS) is 9.29. The molecular formula is C9H9BO4. The van der Waals surface area contributed by atoms with Crippen LogP contribution in [0.1, 0.15) is 10.4 Å². The minimum atomic E-state index is -1.94. The van der Waals surface area contributed by atoms with Gasteiger partial charge in [0.2, 0.25) is 0 Å². The number of carbonyl (C=O) groups is 1. The fourth-order valence-electron chi connectivity index (χ4n) is 0.996. The standard InChI is InChI=1S/C9H9BO4/c1-2-8(11)7-5-3-4-6-9(7)14-10(12)13/h2-6,12-13H,1H2. The number of benzene rings is 1. The summed E-state index contributed by atoms with van der Waals surface area (Å²) in [5.74, 6) is -0.214. The lowest BCUT2D eigenvalue weighted by atomic mass is 10.1. The molecule has 0 aromatic heterocycles. The summed E-state index contributed by atoms with van der Waals surface area (Å²) in [6.07, 6.45) is 1.13. The van der Waals surface area contributed by atoms with Gasteiger partial charge in [-0.2, -0.15) is 0 Å². The van der Waals surface area contributed by atoms with Gasteiger partial charge in [-0.25, -0.2) is 0 Å². The summed E-state index contributed by atoms with van der Waals surface area (Å²) in [4.78, 5) is 11.3. The molecule has 0 atom stereocenters. The van der Waals surface area contributed by atoms with E-state index in [2.05, 4.69) is 11.2 Å². The summed E-state index contributed by atoms with van der Waals surface area (Å²) in [7, 11) is -1.94. The Labute approximate surface area is 81.6 Å². The molecule has 0 unspecified atom stereocenters. The third-order valence-corrected chi connectivity index (χ3v) is 1.57. The topological polar surface area (TPSA) is 66.8 Å². The fraction of sp³-hybridized carbons (Fsp3) is 0. The average molecular weight is 192 g/mol. The smallest absolute Gasteiger partial charge is 0.511 e. The van der Waals surface area contributed by atoms with Crippen LogP contribution in [0.2, 0.25) is 0 Å². The quantitative estimate of drug-likeness (QED) is 0.411. The molecule has 1 aromatic carbocycles. The van der Waals surface area contributed by atoms with E-state index in [-0.39, 0.29) is 17.1 Å². The molecule has 0 saturated heterocycles. The molecule has 0 aliphatic rings. The van der Waals surface area contributed by atoms with Gasteiger partial charge in [-0.05, 0) is 18.2 Å². The van der Waals surface area contributed by atoms with Crippen molar-refractivity contribution in [3.05, 3.63) is 42.5 Å². The molecule has 0 aliphatic carbocycles. The van der Waals surface area contributed by atoms with Crippen molar-refractivity contribution in [2.24, 2.45) is 0 Å². The summed E-state index contributed by atoms with van der Waals surface area (Å²) in [5.41, 5.74) is 0.246. The highest BCUT2D eigenvalue weighted by molar-refractivity contribution is 6.34. The number of rotatable bonds is 4. The highest BCUT2D eigenvalue weighted by Gasteiger charge is 2.15. The average Bonchev–Trinajstić information content (AvgIpc) is 2.16. The summed E-state index contributed by atoms with van der Waals surface area (Å²) < 4.78 is 4.61. The lowest BCUT2D eigenvalue weighted by Gasteiger charge is -2.07. The van der Waals surface area contributed by atoms with Crippen molar-refractivity contribution in [1.82, 2.24) is 0 Å². The summed E-state index contributed by atoms with van der Waals surface area (Å²) in [6.45, 7) is 3.33. The lowest BCUT2D eigenvalue weighted by molar-refractivity contribution is 0.104. The first-order valence-corrected chi connectivity index (χ1v) is 3.93. The molecule has 1 aromatic rings. The maximum absolute atomic E-state index is 11.3. The van der Waals surface area contributed by atoms with Gasteiger partial charge < -0.3 is 14.7 Å². The molecule has 1 rings (SSSR count). The first-order chi connectivity index (χ1) is 6.65. The van der Waals surface area contributed by atoms with Gasteiger partial charge >= 0.3 is 7.32 Å². The minimum Gasteiger partial charge on any atom is -0.511 e. The summed E-state index contributed by atoms with van der Waals surface area (Å²) >= 11 is 0. The SMILES string of the molecule is C=CC(=O)c1ccccc1OB(O)O. The number of para-hydroxylation sites is 1. The molecule has 0 fully saturated rings. The third-order valence-electron chi connectivity index (χ3n) is 1.57. The van der Waals surface area contributed by atoms with Gasteiger partial charge in [0.05, 0.1) is 5.56 Å². The van der Waals surface area contributed by atoms with Crippen molar-refractivity contribution < 1.29 is 19.5 Å². The second-order valence-corrected chi connectivity index (χ2v) is 2.51. The van der Waals surface area contributed by atoms with Crippen molar-refractivity contribution in [2.75, 3.05) is 0 Å². The van der Waals surface area contributed by atoms with Gasteiger partial charge in [0.25, 0.3) is 0 Å². The predicted octanol–water partition coefficient (Wildman–Crippen LogP) is 0.404. The van der Waals surface area contributed by atoms with E-state index in [9.17, 15) is 4.79 Å². The van der Waals surface area contributed by atoms with Crippen molar-refractivity contribution in [3.63, 3.8) is 0 Å². The van der Waals surface area contributed by atoms with E-state index in [1.54, 1.807) is 12.1 Å². The molecule has 5 heteroatoms. The second-order valence-electron chi connectivity index (χ2n) is 2.51. The fourth-order valence-corrected chi connectivity index (χ4v) is 0.996. The Hall–Kier alpha value is -1.59. The monoisotopic (exact) mass is 192 g/mol. The van der Waals surface area contributed by atoms with Gasteiger partial charge in [-0.3, -0.25) is 4.79 Å². The first-order valence-electron chi connectivity index (χ1n) is 3.93. The molecule has 0 spiro atoms. The molecule has 2 N–H and O–H groups in total. The number of ketones is 1. The predicted molar refractivity (Wildman–Crippen MR) is 51.8 cm³/mol. The van der Waals surface area contributed by atoms with Crippen LogP contribution in [-0.4, -0.2) is 23.2 Å². The van der Waals surface area contributed by atoms with E-state index in [1.165, 1.54) is 12.1 Å². The molecule has 0 radical (unpaired) electrons. The van der Waals surface area contributed by atoms with E-state index in [1.807, 2.05) is 0 Å². The molecule has 0 bridgehead atoms. The lowest BCUT2D eigenvalue weighted by Crippen LogP contribution is -2.21. The van der Waals surface area contributed by atoms with E-state index in [0.717, 1.165) is 6.08 Å². The highest BCUT2D eigenvalue weighted by atomic mass is 16.6. The third kappa shape index (κ3) is 2.45. The minimum absolute atomic E-state index is 0.118. The van der Waals surface area contributed by atoms with Gasteiger partial charge in [0, 0.05) is 0 Å². The van der Waals surface area contributed by atoms with E-state index in [4.69, 9.17) is 10.0 Å². The van der Waals surface area contributed by atoms with Gasteiger partial charge in [0.15, 0.2) is 5.78 Å². The largest absolute Gasteiger partial charge is 0.707 e. The molecule has 0 aliphatic heterocycles. The zero-order chi connectivity index (χ0) is 10.6. The van der Waals surface area contributed by atoms with Crippen LogP contribution < -0.4 is 4.65 Å². The van der Waals surface area contributed by atoms with Gasteiger partial charge in [-0.1, -0.05) is 18.7 Å². The van der Waals surface area contributed by atoms with Crippen LogP contribution in [0, 0.1) is 0 Å². The number of allylic oxidation sites excluding steroid dienone is 1. The Balaban J connectivity index is 3.02. The van der Waals surface area contributed by atoms with Crippen LogP contribution in [0.15, 0.2) is 36.9 Å². The number of carbonyl (C=O) groups excluding carboxylic acids is 1.